The Balaban J connectivity index is 1.63. The minimum atomic E-state index is -1.15. The van der Waals surface area contributed by atoms with E-state index in [0.717, 1.165) is 11.1 Å². The van der Waals surface area contributed by atoms with Gasteiger partial charge in [-0.25, -0.2) is 9.07 Å². The summed E-state index contributed by atoms with van der Waals surface area (Å²) in [5, 5.41) is 12.6. The average molecular weight is 321 g/mol. The first-order valence-corrected chi connectivity index (χ1v) is 7.62. The SMILES string of the molecule is FC1CC(c2ccccc2)n2nc(-n3nnc4cnccc43)nc21. The molecule has 0 saturated heterocycles. The van der Waals surface area contributed by atoms with E-state index in [-0.39, 0.29) is 6.04 Å². The lowest BCUT2D eigenvalue weighted by atomic mass is 10.0. The molecular weight excluding hydrogens is 309 g/mol. The Morgan fingerprint density at radius 1 is 1.12 bits per heavy atom. The molecule has 2 unspecified atom stereocenters. The predicted octanol–water partition coefficient (Wildman–Crippen LogP) is 2.41. The molecule has 8 heteroatoms. The Morgan fingerprint density at radius 2 is 2.00 bits per heavy atom. The van der Waals surface area contributed by atoms with Gasteiger partial charge in [0.05, 0.1) is 12.2 Å². The van der Waals surface area contributed by atoms with Gasteiger partial charge in [-0.2, -0.15) is 9.67 Å². The number of halogens is 1. The van der Waals surface area contributed by atoms with Crippen LogP contribution in [0.5, 0.6) is 0 Å². The minimum Gasteiger partial charge on any atom is -0.262 e. The van der Waals surface area contributed by atoms with Gasteiger partial charge in [0.25, 0.3) is 5.95 Å². The lowest BCUT2D eigenvalue weighted by Gasteiger charge is -2.11. The molecule has 0 amide bonds. The second-order valence-electron chi connectivity index (χ2n) is 5.71. The molecule has 1 aliphatic heterocycles. The molecule has 7 nitrogen and oxygen atoms in total. The molecule has 4 heterocycles. The number of benzene rings is 1. The van der Waals surface area contributed by atoms with E-state index in [1.165, 1.54) is 4.68 Å². The highest BCUT2D eigenvalue weighted by molar-refractivity contribution is 5.73. The molecule has 2 atom stereocenters. The number of nitrogens with zero attached hydrogens (tertiary/aromatic N) is 7. The molecule has 24 heavy (non-hydrogen) atoms. The molecule has 0 aliphatic carbocycles. The molecule has 0 bridgehead atoms. The third kappa shape index (κ3) is 1.86. The van der Waals surface area contributed by atoms with Crippen molar-refractivity contribution in [3.05, 3.63) is 60.2 Å². The summed E-state index contributed by atoms with van der Waals surface area (Å²) in [7, 11) is 0. The van der Waals surface area contributed by atoms with Crippen molar-refractivity contribution in [1.29, 1.82) is 0 Å². The smallest absolute Gasteiger partial charge is 0.262 e. The van der Waals surface area contributed by atoms with Crippen molar-refractivity contribution in [2.24, 2.45) is 0 Å². The fraction of sp³-hybridized carbons (Fsp3) is 0.188. The zero-order valence-electron chi connectivity index (χ0n) is 12.5. The van der Waals surface area contributed by atoms with Gasteiger partial charge in [0.15, 0.2) is 12.0 Å². The zero-order valence-corrected chi connectivity index (χ0v) is 12.5. The van der Waals surface area contributed by atoms with E-state index in [0.29, 0.717) is 23.7 Å². The van der Waals surface area contributed by atoms with Gasteiger partial charge in [-0.05, 0) is 11.6 Å². The molecule has 3 aromatic heterocycles. The average Bonchev–Trinajstić information content (AvgIpc) is 3.30. The fourth-order valence-electron chi connectivity index (χ4n) is 3.13. The van der Waals surface area contributed by atoms with Crippen LogP contribution in [-0.4, -0.2) is 34.7 Å². The fourth-order valence-corrected chi connectivity index (χ4v) is 3.13. The normalized spacial score (nSPS) is 19.7. The summed E-state index contributed by atoms with van der Waals surface area (Å²) in [6.07, 6.45) is 2.47. The van der Waals surface area contributed by atoms with Crippen molar-refractivity contribution in [3.63, 3.8) is 0 Å². The van der Waals surface area contributed by atoms with Crippen molar-refractivity contribution in [3.8, 4) is 5.95 Å². The summed E-state index contributed by atoms with van der Waals surface area (Å²) < 4.78 is 17.6. The van der Waals surface area contributed by atoms with Gasteiger partial charge < -0.3 is 0 Å². The number of fused-ring (bicyclic) bond motifs is 2. The van der Waals surface area contributed by atoms with Gasteiger partial charge in [0.2, 0.25) is 0 Å². The number of pyridine rings is 1. The quantitative estimate of drug-likeness (QED) is 0.567. The largest absolute Gasteiger partial charge is 0.271 e. The molecule has 0 N–H and O–H groups in total. The van der Waals surface area contributed by atoms with Gasteiger partial charge in [-0.15, -0.1) is 10.2 Å². The Morgan fingerprint density at radius 3 is 2.88 bits per heavy atom. The van der Waals surface area contributed by atoms with Crippen LogP contribution in [0, 0.1) is 0 Å². The Labute approximate surface area is 135 Å². The molecular formula is C16H12FN7. The third-order valence-corrected chi connectivity index (χ3v) is 4.27. The van der Waals surface area contributed by atoms with Crippen molar-refractivity contribution in [2.45, 2.75) is 18.6 Å². The summed E-state index contributed by atoms with van der Waals surface area (Å²) in [5.41, 5.74) is 2.40. The van der Waals surface area contributed by atoms with Crippen LogP contribution in [0.4, 0.5) is 4.39 Å². The standard InChI is InChI=1S/C16H12FN7/c17-11-8-14(10-4-2-1-3-5-10)23-15(11)19-16(21-23)24-13-6-7-18-9-12(13)20-22-24/h1-7,9,11,14H,8H2. The lowest BCUT2D eigenvalue weighted by molar-refractivity contribution is 0.328. The molecule has 0 radical (unpaired) electrons. The molecule has 0 fully saturated rings. The summed E-state index contributed by atoms with van der Waals surface area (Å²) in [6, 6.07) is 11.4. The molecule has 0 saturated carbocycles. The van der Waals surface area contributed by atoms with Crippen LogP contribution in [0.2, 0.25) is 0 Å². The molecule has 0 spiro atoms. The lowest BCUT2D eigenvalue weighted by Crippen LogP contribution is -2.08. The van der Waals surface area contributed by atoms with Crippen LogP contribution >= 0.6 is 0 Å². The Bertz CT molecular complexity index is 1020. The first kappa shape index (κ1) is 13.3. The van der Waals surface area contributed by atoms with Gasteiger partial charge >= 0.3 is 0 Å². The van der Waals surface area contributed by atoms with E-state index in [2.05, 4.69) is 25.4 Å². The summed E-state index contributed by atoms with van der Waals surface area (Å²) >= 11 is 0. The maximum Gasteiger partial charge on any atom is 0.271 e. The van der Waals surface area contributed by atoms with E-state index in [1.54, 1.807) is 23.1 Å². The summed E-state index contributed by atoms with van der Waals surface area (Å²) in [6.45, 7) is 0. The molecule has 4 aromatic rings. The number of hydrogen-bond acceptors (Lipinski definition) is 5. The Kier molecular flexibility index (Phi) is 2.72. The highest BCUT2D eigenvalue weighted by Crippen LogP contribution is 2.39. The topological polar surface area (TPSA) is 74.3 Å². The molecule has 1 aromatic carbocycles. The van der Waals surface area contributed by atoms with Gasteiger partial charge in [0.1, 0.15) is 11.0 Å². The number of aromatic nitrogens is 7. The van der Waals surface area contributed by atoms with Crippen LogP contribution in [-0.2, 0) is 0 Å². The number of hydrogen-bond donors (Lipinski definition) is 0. The second kappa shape index (κ2) is 4.92. The van der Waals surface area contributed by atoms with Crippen LogP contribution in [0.15, 0.2) is 48.8 Å². The monoisotopic (exact) mass is 321 g/mol. The first-order valence-electron chi connectivity index (χ1n) is 7.62. The number of rotatable bonds is 2. The van der Waals surface area contributed by atoms with Crippen LogP contribution in [0.1, 0.15) is 30.0 Å². The van der Waals surface area contributed by atoms with E-state index in [4.69, 9.17) is 0 Å². The van der Waals surface area contributed by atoms with Crippen molar-refractivity contribution < 1.29 is 4.39 Å². The summed E-state index contributed by atoms with van der Waals surface area (Å²) in [5.74, 6) is 0.651. The van der Waals surface area contributed by atoms with Crippen molar-refractivity contribution in [1.82, 2.24) is 34.7 Å². The third-order valence-electron chi connectivity index (χ3n) is 4.27. The second-order valence-corrected chi connectivity index (χ2v) is 5.71. The molecule has 1 aliphatic rings. The highest BCUT2D eigenvalue weighted by Gasteiger charge is 2.35. The summed E-state index contributed by atoms with van der Waals surface area (Å²) in [4.78, 5) is 8.37. The van der Waals surface area contributed by atoms with Crippen molar-refractivity contribution >= 4 is 11.0 Å². The minimum absolute atomic E-state index is 0.158. The van der Waals surface area contributed by atoms with E-state index in [9.17, 15) is 4.39 Å². The van der Waals surface area contributed by atoms with Crippen LogP contribution in [0.25, 0.3) is 17.0 Å². The maximum atomic E-state index is 14.4. The zero-order chi connectivity index (χ0) is 16.1. The van der Waals surface area contributed by atoms with Crippen molar-refractivity contribution in [2.75, 3.05) is 0 Å². The van der Waals surface area contributed by atoms with Gasteiger partial charge in [-0.3, -0.25) is 4.98 Å². The van der Waals surface area contributed by atoms with Crippen LogP contribution < -0.4 is 0 Å². The van der Waals surface area contributed by atoms with Gasteiger partial charge in [0, 0.05) is 12.6 Å². The van der Waals surface area contributed by atoms with Gasteiger partial charge in [-0.1, -0.05) is 35.5 Å². The van der Waals surface area contributed by atoms with E-state index in [1.807, 2.05) is 30.3 Å². The predicted molar refractivity (Wildman–Crippen MR) is 83.3 cm³/mol. The highest BCUT2D eigenvalue weighted by atomic mass is 19.1. The first-order chi connectivity index (χ1) is 11.8. The van der Waals surface area contributed by atoms with Crippen LogP contribution in [0.3, 0.4) is 0 Å². The number of alkyl halides is 1. The van der Waals surface area contributed by atoms with E-state index < -0.39 is 6.17 Å². The Hall–Kier alpha value is -3.16. The maximum absolute atomic E-state index is 14.4. The molecule has 5 rings (SSSR count). The molecule has 118 valence electrons. The van der Waals surface area contributed by atoms with E-state index >= 15 is 0 Å².